The average molecular weight is 498 g/mol. The van der Waals surface area contributed by atoms with Gasteiger partial charge in [-0.1, -0.05) is 48.5 Å². The maximum absolute atomic E-state index is 6.74. The van der Waals surface area contributed by atoms with Crippen LogP contribution >= 0.6 is 0 Å². The lowest BCUT2D eigenvalue weighted by atomic mass is 9.85. The fraction of sp³-hybridized carbons (Fsp3) is 0.0286. The van der Waals surface area contributed by atoms with Crippen LogP contribution < -0.4 is 13.9 Å². The molecule has 3 aliphatic rings. The van der Waals surface area contributed by atoms with Crippen molar-refractivity contribution in [1.82, 2.24) is 4.40 Å². The summed E-state index contributed by atoms with van der Waals surface area (Å²) in [7, 11) is 0. The number of ether oxygens (including phenoxy) is 1. The molecule has 0 saturated carbocycles. The van der Waals surface area contributed by atoms with Crippen LogP contribution in [0.2, 0.25) is 0 Å². The van der Waals surface area contributed by atoms with E-state index in [-0.39, 0.29) is 0 Å². The second-order valence-corrected chi connectivity index (χ2v) is 10.9. The number of aromatic nitrogens is 3. The van der Waals surface area contributed by atoms with Gasteiger partial charge >= 0.3 is 11.3 Å². The molecule has 11 rings (SSSR count). The quantitative estimate of drug-likeness (QED) is 0.166. The van der Waals surface area contributed by atoms with E-state index in [9.17, 15) is 0 Å². The lowest BCUT2D eigenvalue weighted by Crippen LogP contribution is -2.71. The third-order valence-electron chi connectivity index (χ3n) is 9.34. The normalized spacial score (nSPS) is 17.5. The Bertz CT molecular complexity index is 2490. The van der Waals surface area contributed by atoms with Crippen LogP contribution in [0.25, 0.3) is 60.4 Å². The zero-order valence-electron chi connectivity index (χ0n) is 20.7. The number of benzene rings is 5. The molecule has 4 heteroatoms. The fourth-order valence-electron chi connectivity index (χ4n) is 8.08. The maximum atomic E-state index is 6.74. The lowest BCUT2D eigenvalue weighted by Gasteiger charge is -2.28. The first-order chi connectivity index (χ1) is 19.4. The van der Waals surface area contributed by atoms with E-state index in [1.54, 1.807) is 0 Å². The molecule has 1 spiro atoms. The number of hydrogen-bond acceptors (Lipinski definition) is 1. The molecule has 178 valence electrons. The molecule has 0 radical (unpaired) electrons. The van der Waals surface area contributed by atoms with Gasteiger partial charge in [-0.05, 0) is 53.9 Å². The van der Waals surface area contributed by atoms with E-state index < -0.39 is 5.66 Å². The number of rotatable bonds is 0. The topological polar surface area (TPSA) is 21.4 Å². The number of imidazole rings is 1. The largest absolute Gasteiger partial charge is 0.456 e. The summed E-state index contributed by atoms with van der Waals surface area (Å²) in [5.74, 6) is 1.87. The van der Waals surface area contributed by atoms with Crippen LogP contribution in [-0.4, -0.2) is 4.40 Å². The molecule has 8 aromatic rings. The van der Waals surface area contributed by atoms with E-state index in [1.807, 2.05) is 0 Å². The fourth-order valence-corrected chi connectivity index (χ4v) is 8.08. The van der Waals surface area contributed by atoms with E-state index in [0.29, 0.717) is 0 Å². The van der Waals surface area contributed by atoms with E-state index in [0.717, 1.165) is 11.5 Å². The summed E-state index contributed by atoms with van der Waals surface area (Å²) in [6.07, 6.45) is 2.25. The Morgan fingerprint density at radius 3 is 2.49 bits per heavy atom. The molecule has 0 bridgehead atoms. The highest BCUT2D eigenvalue weighted by atomic mass is 16.5. The zero-order chi connectivity index (χ0) is 25.0. The van der Waals surface area contributed by atoms with Crippen LogP contribution in [-0.2, 0) is 5.66 Å². The summed E-state index contributed by atoms with van der Waals surface area (Å²) in [4.78, 5) is 0. The van der Waals surface area contributed by atoms with Gasteiger partial charge in [0, 0.05) is 28.3 Å². The van der Waals surface area contributed by atoms with Gasteiger partial charge in [0.05, 0.1) is 10.9 Å². The summed E-state index contributed by atoms with van der Waals surface area (Å²) < 4.78 is 14.3. The third-order valence-corrected chi connectivity index (χ3v) is 9.34. The molecule has 4 nitrogen and oxygen atoms in total. The Hall–Kier alpha value is -5.22. The van der Waals surface area contributed by atoms with Gasteiger partial charge < -0.3 is 4.74 Å². The summed E-state index contributed by atoms with van der Waals surface area (Å²) >= 11 is 0. The lowest BCUT2D eigenvalue weighted by molar-refractivity contribution is -0.940. The van der Waals surface area contributed by atoms with Gasteiger partial charge in [0.2, 0.25) is 5.69 Å². The molecule has 1 atom stereocenters. The molecule has 3 aliphatic heterocycles. The molecular formula is C35H19N3O+2. The van der Waals surface area contributed by atoms with E-state index in [2.05, 4.69) is 129 Å². The van der Waals surface area contributed by atoms with Crippen molar-refractivity contribution in [3.63, 3.8) is 0 Å². The predicted molar refractivity (Wildman–Crippen MR) is 151 cm³/mol. The van der Waals surface area contributed by atoms with Crippen molar-refractivity contribution in [2.75, 3.05) is 0 Å². The Labute approximate surface area is 222 Å². The molecular weight excluding hydrogens is 478 g/mol. The molecule has 1 unspecified atom stereocenters. The van der Waals surface area contributed by atoms with Crippen molar-refractivity contribution in [3.05, 3.63) is 127 Å². The smallest absolute Gasteiger partial charge is 0.372 e. The third kappa shape index (κ3) is 1.79. The second kappa shape index (κ2) is 5.92. The number of hydrogen-bond donors (Lipinski definition) is 0. The molecule has 5 aromatic carbocycles. The monoisotopic (exact) mass is 497 g/mol. The van der Waals surface area contributed by atoms with Crippen LogP contribution in [0.4, 0.5) is 0 Å². The van der Waals surface area contributed by atoms with Gasteiger partial charge in [0.25, 0.3) is 0 Å². The highest BCUT2D eigenvalue weighted by molar-refractivity contribution is 6.21. The van der Waals surface area contributed by atoms with Crippen LogP contribution in [0.5, 0.6) is 11.5 Å². The van der Waals surface area contributed by atoms with Gasteiger partial charge in [-0.25, -0.2) is 0 Å². The molecule has 0 fully saturated rings. The number of fused-ring (bicyclic) bond motifs is 10. The summed E-state index contributed by atoms with van der Waals surface area (Å²) in [5.41, 5.74) is 9.25. The molecule has 6 heterocycles. The van der Waals surface area contributed by atoms with Crippen LogP contribution in [0.15, 0.2) is 115 Å². The molecule has 0 aliphatic carbocycles. The highest BCUT2D eigenvalue weighted by Crippen LogP contribution is 2.58. The van der Waals surface area contributed by atoms with Crippen LogP contribution in [0.1, 0.15) is 11.1 Å². The predicted octanol–water partition coefficient (Wildman–Crippen LogP) is 6.82. The first-order valence-corrected chi connectivity index (χ1v) is 13.5. The summed E-state index contributed by atoms with van der Waals surface area (Å²) in [6.45, 7) is 0. The number of nitrogens with zero attached hydrogens (tertiary/aromatic N) is 3. The van der Waals surface area contributed by atoms with Gasteiger partial charge in [-0.2, -0.15) is 4.40 Å². The zero-order valence-corrected chi connectivity index (χ0v) is 20.7. The van der Waals surface area contributed by atoms with Crippen molar-refractivity contribution in [3.8, 4) is 22.8 Å². The van der Waals surface area contributed by atoms with E-state index in [4.69, 9.17) is 4.74 Å². The van der Waals surface area contributed by atoms with Crippen molar-refractivity contribution >= 4 is 49.1 Å². The molecule has 0 amide bonds. The summed E-state index contributed by atoms with van der Waals surface area (Å²) in [5, 5.41) is 6.32. The highest BCUT2D eigenvalue weighted by Gasteiger charge is 2.68. The van der Waals surface area contributed by atoms with Gasteiger partial charge in [-0.3, -0.25) is 0 Å². The maximum Gasteiger partial charge on any atom is 0.372 e. The molecule has 39 heavy (non-hydrogen) atoms. The molecule has 0 N–H and O–H groups in total. The Morgan fingerprint density at radius 1 is 0.641 bits per heavy atom. The first kappa shape index (κ1) is 18.9. The Morgan fingerprint density at radius 2 is 1.49 bits per heavy atom. The van der Waals surface area contributed by atoms with Crippen molar-refractivity contribution < 1.29 is 13.9 Å². The average Bonchev–Trinajstić information content (AvgIpc) is 3.61. The Balaban J connectivity index is 1.54. The minimum absolute atomic E-state index is 0.570. The van der Waals surface area contributed by atoms with E-state index >= 15 is 0 Å². The standard InChI is InChI=1S/C35H19N3O/c1-2-9-21-20(8-1)15-16-23-22-17-18-29-32-30(22)34-37(33(21)23)26-12-3-4-13-27(26)38(34)35(32)31-24(10-7-14-28(31)39-29)25-11-5-6-19-36(25)35/h1-19H/q+2. The van der Waals surface area contributed by atoms with E-state index in [1.165, 1.54) is 71.5 Å². The second-order valence-electron chi connectivity index (χ2n) is 10.9. The number of pyridine rings is 2. The SMILES string of the molecule is c1cc2c3c(c1)-c1cccc[n+]1C31c3c(ccc4c5ccc6ccccc6c5n5c6ccccc6[n+]1c5c34)O2. The van der Waals surface area contributed by atoms with Gasteiger partial charge in [-0.15, -0.1) is 9.13 Å². The Kier molecular flexibility index (Phi) is 2.87. The van der Waals surface area contributed by atoms with Gasteiger partial charge in [0.15, 0.2) is 17.2 Å². The summed E-state index contributed by atoms with van der Waals surface area (Å²) in [6, 6.07) is 39.7. The molecule has 0 saturated heterocycles. The van der Waals surface area contributed by atoms with Gasteiger partial charge in [0.1, 0.15) is 28.1 Å². The van der Waals surface area contributed by atoms with Crippen molar-refractivity contribution in [2.45, 2.75) is 5.66 Å². The van der Waals surface area contributed by atoms with Crippen molar-refractivity contribution in [2.24, 2.45) is 0 Å². The first-order valence-electron chi connectivity index (χ1n) is 13.5. The minimum Gasteiger partial charge on any atom is -0.456 e. The van der Waals surface area contributed by atoms with Crippen LogP contribution in [0.3, 0.4) is 0 Å². The minimum atomic E-state index is -0.570. The van der Waals surface area contributed by atoms with Crippen molar-refractivity contribution in [1.29, 1.82) is 0 Å². The number of para-hydroxylation sites is 2. The van der Waals surface area contributed by atoms with Crippen LogP contribution in [0, 0.1) is 0 Å². The molecule has 3 aromatic heterocycles.